The average Bonchev–Trinajstić information content (AvgIpc) is 2.92. The number of carbonyl (C=O) groups is 4. The molecule has 14 heteroatoms. The number of alkyl carbamates (subject to hydrolysis) is 1. The van der Waals surface area contributed by atoms with Crippen LogP contribution in [0.5, 0.6) is 0 Å². The lowest BCUT2D eigenvalue weighted by Gasteiger charge is -2.20. The van der Waals surface area contributed by atoms with Crippen LogP contribution < -0.4 is 10.6 Å². The molecule has 1 aromatic rings. The van der Waals surface area contributed by atoms with Crippen molar-refractivity contribution in [2.75, 3.05) is 45.6 Å². The number of benzene rings is 1. The fourth-order valence-corrected chi connectivity index (χ4v) is 2.05. The van der Waals surface area contributed by atoms with E-state index < -0.39 is 29.6 Å². The van der Waals surface area contributed by atoms with Gasteiger partial charge in [-0.25, -0.2) is 9.59 Å². The van der Waals surface area contributed by atoms with Crippen LogP contribution in [0.15, 0.2) is 43.0 Å². The highest BCUT2D eigenvalue weighted by molar-refractivity contribution is 8.59. The van der Waals surface area contributed by atoms with Gasteiger partial charge in [-0.2, -0.15) is 24.4 Å². The van der Waals surface area contributed by atoms with E-state index in [9.17, 15) is 19.2 Å². The number of rotatable bonds is 10. The fourth-order valence-electron chi connectivity index (χ4n) is 2.05. The minimum Gasteiger partial charge on any atom is -0.467 e. The quantitative estimate of drug-likeness (QED) is 0.0630. The lowest BCUT2D eigenvalue weighted by Crippen LogP contribution is -2.48. The number of carbonyl (C=O) groups excluding carboxylic acids is 4. The Morgan fingerprint density at radius 1 is 1.07 bits per heavy atom. The molecule has 0 saturated carbocycles. The Kier molecular flexibility index (Phi) is 35.5. The number of nitrogens with one attached hydrogen (secondary N) is 2. The maximum absolute atomic E-state index is 11.7. The highest BCUT2D eigenvalue weighted by Gasteiger charge is 2.22. The Morgan fingerprint density at radius 3 is 2.02 bits per heavy atom. The Hall–Kier alpha value is -2.00. The summed E-state index contributed by atoms with van der Waals surface area (Å²) in [4.78, 5) is 45.0. The second-order valence-electron chi connectivity index (χ2n) is 8.00. The molecule has 0 saturated heterocycles. The lowest BCUT2D eigenvalue weighted by atomic mass is 10.2. The number of thioether (sulfide) groups is 1. The summed E-state index contributed by atoms with van der Waals surface area (Å²) in [7, 11) is 1.20. The number of methoxy groups -OCH3 is 1. The molecule has 1 atom stereocenters. The molecule has 2 N–H and O–H groups in total. The Bertz CT molecular complexity index is 795. The van der Waals surface area contributed by atoms with E-state index in [0.717, 1.165) is 5.56 Å². The summed E-state index contributed by atoms with van der Waals surface area (Å²) >= 11 is 11.7. The van der Waals surface area contributed by atoms with Crippen molar-refractivity contribution in [3.8, 4) is 0 Å². The molecule has 0 aliphatic heterocycles. The molecule has 0 spiro atoms. The molecular formula is C26H46N2O8S4. The molecule has 0 bridgehead atoms. The summed E-state index contributed by atoms with van der Waals surface area (Å²) in [6.07, 6.45) is 6.57. The predicted molar refractivity (Wildman–Crippen MR) is 173 cm³/mol. The van der Waals surface area contributed by atoms with E-state index in [4.69, 9.17) is 14.2 Å². The molecule has 0 radical (unpaired) electrons. The molecule has 40 heavy (non-hydrogen) atoms. The first-order chi connectivity index (χ1) is 18.9. The van der Waals surface area contributed by atoms with E-state index in [1.165, 1.54) is 20.1 Å². The second-order valence-corrected chi connectivity index (χ2v) is 8.82. The molecule has 1 unspecified atom stereocenters. The topological polar surface area (TPSA) is 129 Å². The van der Waals surface area contributed by atoms with Crippen LogP contribution in [-0.2, 0) is 39.9 Å². The summed E-state index contributed by atoms with van der Waals surface area (Å²) < 4.78 is 19.5. The average molecular weight is 643 g/mol. The van der Waals surface area contributed by atoms with E-state index in [1.807, 2.05) is 42.8 Å². The standard InChI is InChI=1S/C14H24N2O6.C9H10O2.C2H6S.CH4S.H2S2/c1-6-7-21-9-10(12(18)20-5)16-11(17)8-15-13(19)22-14(2,3)4;1-8(10)11-7-9-5-3-2-4-6-9;1-3-2;2*1-2/h6,10H,1,7-9H2,2-5H3,(H,15,19)(H,16,17);2-6H,7H2,1H3;1-2H3;2H,1H3;1-2H. The van der Waals surface area contributed by atoms with Gasteiger partial charge in [0.1, 0.15) is 18.8 Å². The lowest BCUT2D eigenvalue weighted by molar-refractivity contribution is -0.146. The molecule has 0 aliphatic carbocycles. The largest absolute Gasteiger partial charge is 0.467 e. The summed E-state index contributed by atoms with van der Waals surface area (Å²) in [5.41, 5.74) is 0.357. The smallest absolute Gasteiger partial charge is 0.408 e. The van der Waals surface area contributed by atoms with Crippen molar-refractivity contribution in [2.45, 2.75) is 45.9 Å². The van der Waals surface area contributed by atoms with E-state index >= 15 is 0 Å². The zero-order valence-electron chi connectivity index (χ0n) is 24.6. The van der Waals surface area contributed by atoms with Gasteiger partial charge in [0.15, 0.2) is 6.04 Å². The first kappa shape index (κ1) is 45.0. The second kappa shape index (κ2) is 31.5. The Balaban J connectivity index is -0.000000297. The number of hydrogen-bond acceptors (Lipinski definition) is 12. The van der Waals surface area contributed by atoms with Crippen LogP contribution in [0.2, 0.25) is 0 Å². The maximum atomic E-state index is 11.7. The normalized spacial score (nSPS) is 9.88. The van der Waals surface area contributed by atoms with E-state index in [-0.39, 0.29) is 25.7 Å². The molecule has 0 aliphatic rings. The van der Waals surface area contributed by atoms with Crippen molar-refractivity contribution in [3.63, 3.8) is 0 Å². The van der Waals surface area contributed by atoms with Crippen LogP contribution in [0, 0.1) is 0 Å². The summed E-state index contributed by atoms with van der Waals surface area (Å²) in [6.45, 7) is 10.2. The number of esters is 2. The van der Waals surface area contributed by atoms with Crippen molar-refractivity contribution in [1.82, 2.24) is 10.6 Å². The fraction of sp³-hybridized carbons (Fsp3) is 0.538. The molecule has 0 aromatic heterocycles. The van der Waals surface area contributed by atoms with Gasteiger partial charge in [-0.05, 0) is 45.1 Å². The van der Waals surface area contributed by atoms with Crippen LogP contribution in [0.25, 0.3) is 0 Å². The Labute approximate surface area is 259 Å². The molecular weight excluding hydrogens is 597 g/mol. The van der Waals surface area contributed by atoms with Crippen molar-refractivity contribution in [2.24, 2.45) is 0 Å². The number of hydrogen-bond donors (Lipinski definition) is 5. The number of thiol groups is 3. The molecule has 10 nitrogen and oxygen atoms in total. The van der Waals surface area contributed by atoms with Gasteiger partial charge in [-0.3, -0.25) is 9.59 Å². The van der Waals surface area contributed by atoms with Gasteiger partial charge < -0.3 is 29.6 Å². The number of ether oxygens (including phenoxy) is 4. The van der Waals surface area contributed by atoms with Gasteiger partial charge >= 0.3 is 18.0 Å². The minimum absolute atomic E-state index is 0.0587. The molecule has 1 aromatic carbocycles. The van der Waals surface area contributed by atoms with Gasteiger partial charge in [-0.1, -0.05) is 36.4 Å². The van der Waals surface area contributed by atoms with Gasteiger partial charge in [0.25, 0.3) is 0 Å². The summed E-state index contributed by atoms with van der Waals surface area (Å²) in [6, 6.07) is 8.64. The minimum atomic E-state index is -0.960. The van der Waals surface area contributed by atoms with Crippen molar-refractivity contribution >= 4 is 71.7 Å². The van der Waals surface area contributed by atoms with Gasteiger partial charge in [0.2, 0.25) is 5.91 Å². The van der Waals surface area contributed by atoms with Crippen LogP contribution >= 0.6 is 47.7 Å². The first-order valence-electron chi connectivity index (χ1n) is 11.6. The van der Waals surface area contributed by atoms with Crippen LogP contribution in [0.1, 0.15) is 33.3 Å². The third-order valence-electron chi connectivity index (χ3n) is 3.42. The first-order valence-corrected chi connectivity index (χ1v) is 15.8. The zero-order chi connectivity index (χ0) is 32.0. The zero-order valence-corrected chi connectivity index (χ0v) is 28.1. The molecule has 0 fully saturated rings. The summed E-state index contributed by atoms with van der Waals surface area (Å²) in [5, 5.41) is 4.69. The third-order valence-corrected chi connectivity index (χ3v) is 3.42. The molecule has 0 heterocycles. The third kappa shape index (κ3) is 34.0. The maximum Gasteiger partial charge on any atom is 0.408 e. The van der Waals surface area contributed by atoms with Crippen molar-refractivity contribution < 1.29 is 38.1 Å². The van der Waals surface area contributed by atoms with E-state index in [0.29, 0.717) is 6.61 Å². The van der Waals surface area contributed by atoms with E-state index in [1.54, 1.807) is 38.8 Å². The van der Waals surface area contributed by atoms with Gasteiger partial charge in [0.05, 0.1) is 20.3 Å². The number of amides is 2. The Morgan fingerprint density at radius 2 is 1.60 bits per heavy atom. The molecule has 1 rings (SSSR count). The summed E-state index contributed by atoms with van der Waals surface area (Å²) in [5.74, 6) is -1.45. The molecule has 232 valence electrons. The predicted octanol–water partition coefficient (Wildman–Crippen LogP) is 4.41. The van der Waals surface area contributed by atoms with Gasteiger partial charge in [0, 0.05) is 6.92 Å². The van der Waals surface area contributed by atoms with Crippen LogP contribution in [0.3, 0.4) is 0 Å². The van der Waals surface area contributed by atoms with Gasteiger partial charge in [-0.15, -0.1) is 29.9 Å². The van der Waals surface area contributed by atoms with Crippen LogP contribution in [-0.4, -0.2) is 81.2 Å². The molecule has 2 amide bonds. The van der Waals surface area contributed by atoms with Crippen LogP contribution in [0.4, 0.5) is 4.79 Å². The SMILES string of the molecule is C=CCOCC(NC(=O)CNC(=O)OC(C)(C)C)C(=O)OC.CC(=O)OCc1ccccc1.CS.CSC.SS. The monoisotopic (exact) mass is 642 g/mol. The van der Waals surface area contributed by atoms with E-state index in [2.05, 4.69) is 57.9 Å². The highest BCUT2D eigenvalue weighted by atomic mass is 33.1. The van der Waals surface area contributed by atoms with Crippen molar-refractivity contribution in [3.05, 3.63) is 48.6 Å². The highest BCUT2D eigenvalue weighted by Crippen LogP contribution is 2.06. The van der Waals surface area contributed by atoms with Crippen molar-refractivity contribution in [1.29, 1.82) is 0 Å².